The molecule has 0 aliphatic carbocycles. The van der Waals surface area contributed by atoms with Gasteiger partial charge in [0.1, 0.15) is 17.3 Å². The van der Waals surface area contributed by atoms with Gasteiger partial charge in [0.2, 0.25) is 0 Å². The van der Waals surface area contributed by atoms with Crippen molar-refractivity contribution < 1.29 is 14.3 Å². The van der Waals surface area contributed by atoms with Gasteiger partial charge in [-0.3, -0.25) is 4.79 Å². The first-order valence-corrected chi connectivity index (χ1v) is 9.62. The Labute approximate surface area is 161 Å². The number of hydrogen-bond donors (Lipinski definition) is 0. The van der Waals surface area contributed by atoms with Crippen molar-refractivity contribution in [3.8, 4) is 11.5 Å². The summed E-state index contributed by atoms with van der Waals surface area (Å²) in [6, 6.07) is 7.28. The van der Waals surface area contributed by atoms with E-state index >= 15 is 0 Å². The molecule has 1 aromatic heterocycles. The van der Waals surface area contributed by atoms with Crippen molar-refractivity contribution in [1.29, 1.82) is 0 Å². The number of benzene rings is 1. The van der Waals surface area contributed by atoms with Gasteiger partial charge >= 0.3 is 0 Å². The molecule has 2 aromatic rings. The van der Waals surface area contributed by atoms with E-state index in [2.05, 4.69) is 29.6 Å². The van der Waals surface area contributed by atoms with Crippen LogP contribution in [0.5, 0.6) is 11.5 Å². The lowest BCUT2D eigenvalue weighted by Gasteiger charge is -2.32. The zero-order valence-electron chi connectivity index (χ0n) is 16.4. The number of ether oxygens (including phenoxy) is 2. The quantitative estimate of drug-likeness (QED) is 0.749. The van der Waals surface area contributed by atoms with E-state index in [1.54, 1.807) is 7.11 Å². The molecule has 1 aliphatic heterocycles. The zero-order chi connectivity index (χ0) is 19.2. The summed E-state index contributed by atoms with van der Waals surface area (Å²) in [7, 11) is 1.62. The number of carbonyl (C=O) groups excluding carboxylic acids is 1. The Morgan fingerprint density at radius 1 is 1.19 bits per heavy atom. The topological polar surface area (TPSA) is 56.6 Å². The van der Waals surface area contributed by atoms with Crippen molar-refractivity contribution in [2.75, 3.05) is 26.8 Å². The summed E-state index contributed by atoms with van der Waals surface area (Å²) in [6.45, 7) is 6.99. The van der Waals surface area contributed by atoms with Crippen molar-refractivity contribution in [3.05, 3.63) is 42.5 Å². The number of nitrogens with zero attached hydrogens (tertiary/aromatic N) is 3. The summed E-state index contributed by atoms with van der Waals surface area (Å²) < 4.78 is 13.0. The lowest BCUT2D eigenvalue weighted by atomic mass is 9.96. The Kier molecular flexibility index (Phi) is 6.37. The Balaban J connectivity index is 1.44. The number of carbonyl (C=O) groups is 1. The average molecular weight is 371 g/mol. The van der Waals surface area contributed by atoms with Gasteiger partial charge in [0.25, 0.3) is 5.91 Å². The van der Waals surface area contributed by atoms with Crippen LogP contribution in [0.4, 0.5) is 0 Å². The van der Waals surface area contributed by atoms with Crippen molar-refractivity contribution in [3.63, 3.8) is 0 Å². The highest BCUT2D eigenvalue weighted by Gasteiger charge is 2.24. The van der Waals surface area contributed by atoms with Crippen LogP contribution < -0.4 is 9.47 Å². The summed E-state index contributed by atoms with van der Waals surface area (Å²) in [5, 5.41) is 0. The smallest absolute Gasteiger partial charge is 0.260 e. The van der Waals surface area contributed by atoms with Crippen LogP contribution in [0.1, 0.15) is 38.4 Å². The number of piperidine rings is 1. The van der Waals surface area contributed by atoms with Crippen molar-refractivity contribution in [2.24, 2.45) is 5.92 Å². The van der Waals surface area contributed by atoms with Crippen LogP contribution in [0, 0.1) is 5.92 Å². The SMILES string of the molecule is COc1ccc(OCC(=O)N2CCC(Cn3ccnc3C(C)C)CC2)cc1. The van der Waals surface area contributed by atoms with Crippen LogP contribution in [0.3, 0.4) is 0 Å². The molecule has 146 valence electrons. The Morgan fingerprint density at radius 2 is 1.85 bits per heavy atom. The fourth-order valence-corrected chi connectivity index (χ4v) is 3.53. The predicted molar refractivity (Wildman–Crippen MR) is 104 cm³/mol. The van der Waals surface area contributed by atoms with E-state index in [9.17, 15) is 4.79 Å². The summed E-state index contributed by atoms with van der Waals surface area (Å²) in [4.78, 5) is 18.8. The normalized spacial score (nSPS) is 15.2. The van der Waals surface area contributed by atoms with Gasteiger partial charge in [0.15, 0.2) is 6.61 Å². The molecule has 0 saturated carbocycles. The molecule has 0 radical (unpaired) electrons. The molecule has 0 N–H and O–H groups in total. The molecular weight excluding hydrogens is 342 g/mol. The molecule has 1 amide bonds. The Morgan fingerprint density at radius 3 is 2.48 bits per heavy atom. The third-order valence-corrected chi connectivity index (χ3v) is 5.11. The highest BCUT2D eigenvalue weighted by Crippen LogP contribution is 2.22. The van der Waals surface area contributed by atoms with E-state index < -0.39 is 0 Å². The maximum Gasteiger partial charge on any atom is 0.260 e. The van der Waals surface area contributed by atoms with Gasteiger partial charge in [-0.1, -0.05) is 13.8 Å². The molecule has 27 heavy (non-hydrogen) atoms. The van der Waals surface area contributed by atoms with Gasteiger partial charge in [-0.25, -0.2) is 4.98 Å². The van der Waals surface area contributed by atoms with E-state index in [-0.39, 0.29) is 12.5 Å². The largest absolute Gasteiger partial charge is 0.497 e. The van der Waals surface area contributed by atoms with Gasteiger partial charge in [-0.2, -0.15) is 0 Å². The number of hydrogen-bond acceptors (Lipinski definition) is 4. The first kappa shape index (κ1) is 19.3. The van der Waals surface area contributed by atoms with Crippen LogP contribution in [-0.4, -0.2) is 47.2 Å². The first-order chi connectivity index (χ1) is 13.1. The van der Waals surface area contributed by atoms with Gasteiger partial charge in [-0.05, 0) is 43.0 Å². The zero-order valence-corrected chi connectivity index (χ0v) is 16.4. The van der Waals surface area contributed by atoms with E-state index in [0.717, 1.165) is 44.0 Å². The molecule has 0 spiro atoms. The number of methoxy groups -OCH3 is 1. The van der Waals surface area contributed by atoms with Crippen LogP contribution >= 0.6 is 0 Å². The minimum Gasteiger partial charge on any atom is -0.497 e. The van der Waals surface area contributed by atoms with Crippen molar-refractivity contribution >= 4 is 5.91 Å². The molecule has 2 heterocycles. The molecule has 1 aromatic carbocycles. The minimum atomic E-state index is 0.0507. The highest BCUT2D eigenvalue weighted by molar-refractivity contribution is 5.77. The van der Waals surface area contributed by atoms with Crippen molar-refractivity contribution in [2.45, 2.75) is 39.2 Å². The third-order valence-electron chi connectivity index (χ3n) is 5.11. The Hall–Kier alpha value is -2.50. The van der Waals surface area contributed by atoms with Gasteiger partial charge in [0, 0.05) is 37.9 Å². The molecule has 1 saturated heterocycles. The second-order valence-corrected chi connectivity index (χ2v) is 7.38. The third kappa shape index (κ3) is 5.02. The standard InChI is InChI=1S/C21H29N3O3/c1-16(2)21-22-10-13-24(21)14-17-8-11-23(12-9-17)20(25)15-27-19-6-4-18(26-3)5-7-19/h4-7,10,13,16-17H,8-9,11-12,14-15H2,1-3H3. The summed E-state index contributed by atoms with van der Waals surface area (Å²) in [6.07, 6.45) is 5.98. The molecule has 1 aliphatic rings. The maximum absolute atomic E-state index is 12.4. The number of imidazole rings is 1. The molecule has 3 rings (SSSR count). The van der Waals surface area contributed by atoms with Gasteiger partial charge in [-0.15, -0.1) is 0 Å². The van der Waals surface area contributed by atoms with Crippen LogP contribution in [0.2, 0.25) is 0 Å². The fraction of sp³-hybridized carbons (Fsp3) is 0.524. The number of amides is 1. The predicted octanol–water partition coefficient (Wildman–Crippen LogP) is 3.33. The Bertz CT molecular complexity index is 731. The summed E-state index contributed by atoms with van der Waals surface area (Å²) >= 11 is 0. The second kappa shape index (κ2) is 8.93. The van der Waals surface area contributed by atoms with Crippen molar-refractivity contribution in [1.82, 2.24) is 14.5 Å². The molecule has 0 unspecified atom stereocenters. The fourth-order valence-electron chi connectivity index (χ4n) is 3.53. The highest BCUT2D eigenvalue weighted by atomic mass is 16.5. The van der Waals surface area contributed by atoms with E-state index in [1.165, 1.54) is 0 Å². The van der Waals surface area contributed by atoms with Gasteiger partial charge in [0.05, 0.1) is 7.11 Å². The van der Waals surface area contributed by atoms with E-state index in [0.29, 0.717) is 17.6 Å². The molecule has 6 heteroatoms. The second-order valence-electron chi connectivity index (χ2n) is 7.38. The van der Waals surface area contributed by atoms with E-state index in [1.807, 2.05) is 35.4 Å². The van der Waals surface area contributed by atoms with Gasteiger partial charge < -0.3 is 18.9 Å². The van der Waals surface area contributed by atoms with Crippen LogP contribution in [-0.2, 0) is 11.3 Å². The minimum absolute atomic E-state index is 0.0507. The van der Waals surface area contributed by atoms with E-state index in [4.69, 9.17) is 9.47 Å². The summed E-state index contributed by atoms with van der Waals surface area (Å²) in [5.41, 5.74) is 0. The lowest BCUT2D eigenvalue weighted by molar-refractivity contribution is -0.134. The molecule has 0 bridgehead atoms. The maximum atomic E-state index is 12.4. The monoisotopic (exact) mass is 371 g/mol. The number of aromatic nitrogens is 2. The molecular formula is C21H29N3O3. The number of likely N-dealkylation sites (tertiary alicyclic amines) is 1. The first-order valence-electron chi connectivity index (χ1n) is 9.62. The average Bonchev–Trinajstić information content (AvgIpc) is 3.15. The van der Waals surface area contributed by atoms with Crippen LogP contribution in [0.15, 0.2) is 36.7 Å². The lowest BCUT2D eigenvalue weighted by Crippen LogP contribution is -2.41. The molecule has 1 fully saturated rings. The summed E-state index contributed by atoms with van der Waals surface area (Å²) in [5.74, 6) is 3.66. The van der Waals surface area contributed by atoms with Crippen LogP contribution in [0.25, 0.3) is 0 Å². The molecule has 0 atom stereocenters. The number of rotatable bonds is 7. The molecule has 6 nitrogen and oxygen atoms in total.